The summed E-state index contributed by atoms with van der Waals surface area (Å²) in [5.41, 5.74) is 5.57. The third-order valence-electron chi connectivity index (χ3n) is 3.26. The van der Waals surface area contributed by atoms with Crippen LogP contribution in [0.5, 0.6) is 0 Å². The molecule has 1 aromatic rings. The van der Waals surface area contributed by atoms with Crippen LogP contribution in [0.1, 0.15) is 23.2 Å². The van der Waals surface area contributed by atoms with E-state index in [0.717, 1.165) is 0 Å². The quantitative estimate of drug-likeness (QED) is 0.856. The van der Waals surface area contributed by atoms with Crippen molar-refractivity contribution in [2.24, 2.45) is 11.7 Å². The van der Waals surface area contributed by atoms with Gasteiger partial charge in [-0.1, -0.05) is 6.07 Å². The van der Waals surface area contributed by atoms with Crippen molar-refractivity contribution in [3.63, 3.8) is 0 Å². The van der Waals surface area contributed by atoms with E-state index in [0.29, 0.717) is 31.5 Å². The van der Waals surface area contributed by atoms with Gasteiger partial charge in [0.2, 0.25) is 5.91 Å². The van der Waals surface area contributed by atoms with E-state index in [1.165, 1.54) is 18.2 Å². The summed E-state index contributed by atoms with van der Waals surface area (Å²) in [7, 11) is 0. The van der Waals surface area contributed by atoms with Crippen molar-refractivity contribution in [3.8, 4) is 0 Å². The minimum absolute atomic E-state index is 0.151. The second-order valence-corrected chi connectivity index (χ2v) is 4.48. The average Bonchev–Trinajstić information content (AvgIpc) is 2.38. The van der Waals surface area contributed by atoms with Crippen LogP contribution in [0.3, 0.4) is 0 Å². The number of benzene rings is 1. The number of piperidine rings is 1. The van der Waals surface area contributed by atoms with Crippen molar-refractivity contribution in [1.82, 2.24) is 4.90 Å². The molecule has 1 heterocycles. The van der Waals surface area contributed by atoms with Gasteiger partial charge in [0.15, 0.2) is 0 Å². The molecule has 0 aromatic heterocycles. The first-order chi connectivity index (χ1) is 8.58. The Bertz CT molecular complexity index is 468. The van der Waals surface area contributed by atoms with Gasteiger partial charge < -0.3 is 10.6 Å². The third-order valence-corrected chi connectivity index (χ3v) is 3.26. The van der Waals surface area contributed by atoms with Crippen molar-refractivity contribution < 1.29 is 14.0 Å². The molecule has 1 aliphatic heterocycles. The first-order valence-electron chi connectivity index (χ1n) is 5.92. The average molecular weight is 250 g/mol. The SMILES string of the molecule is NC(=O)C1CCN(C(=O)c2cccc(F)c2)CC1. The molecule has 0 radical (unpaired) electrons. The fraction of sp³-hybridized carbons (Fsp3) is 0.385. The number of hydrogen-bond acceptors (Lipinski definition) is 2. The highest BCUT2D eigenvalue weighted by atomic mass is 19.1. The summed E-state index contributed by atoms with van der Waals surface area (Å²) in [6.07, 6.45) is 1.16. The van der Waals surface area contributed by atoms with E-state index in [1.54, 1.807) is 11.0 Å². The number of hydrogen-bond donors (Lipinski definition) is 1. The molecule has 0 unspecified atom stereocenters. The lowest BCUT2D eigenvalue weighted by atomic mass is 9.96. The molecule has 18 heavy (non-hydrogen) atoms. The Labute approximate surface area is 105 Å². The van der Waals surface area contributed by atoms with E-state index in [-0.39, 0.29) is 17.7 Å². The molecular weight excluding hydrogens is 235 g/mol. The van der Waals surface area contributed by atoms with Gasteiger partial charge in [0.05, 0.1) is 0 Å². The lowest BCUT2D eigenvalue weighted by molar-refractivity contribution is -0.123. The second kappa shape index (κ2) is 5.16. The van der Waals surface area contributed by atoms with Crippen LogP contribution >= 0.6 is 0 Å². The molecule has 1 aromatic carbocycles. The number of nitrogens with two attached hydrogens (primary N) is 1. The number of primary amides is 1. The van der Waals surface area contributed by atoms with Gasteiger partial charge in [0.25, 0.3) is 5.91 Å². The van der Waals surface area contributed by atoms with Crippen LogP contribution in [0.4, 0.5) is 4.39 Å². The van der Waals surface area contributed by atoms with Crippen LogP contribution < -0.4 is 5.73 Å². The first kappa shape index (κ1) is 12.5. The minimum Gasteiger partial charge on any atom is -0.369 e. The lowest BCUT2D eigenvalue weighted by Gasteiger charge is -2.30. The predicted octanol–water partition coefficient (Wildman–Crippen LogP) is 1.16. The van der Waals surface area contributed by atoms with Crippen LogP contribution in [-0.4, -0.2) is 29.8 Å². The number of nitrogens with zero attached hydrogens (tertiary/aromatic N) is 1. The summed E-state index contributed by atoms with van der Waals surface area (Å²) < 4.78 is 13.0. The summed E-state index contributed by atoms with van der Waals surface area (Å²) >= 11 is 0. The molecule has 0 saturated carbocycles. The van der Waals surface area contributed by atoms with E-state index in [1.807, 2.05) is 0 Å². The van der Waals surface area contributed by atoms with Crippen LogP contribution in [0.2, 0.25) is 0 Å². The highest BCUT2D eigenvalue weighted by Crippen LogP contribution is 2.18. The smallest absolute Gasteiger partial charge is 0.253 e. The lowest BCUT2D eigenvalue weighted by Crippen LogP contribution is -2.41. The van der Waals surface area contributed by atoms with E-state index >= 15 is 0 Å². The molecule has 1 fully saturated rings. The zero-order chi connectivity index (χ0) is 13.1. The molecule has 1 saturated heterocycles. The number of amides is 2. The number of halogens is 1. The predicted molar refractivity (Wildman–Crippen MR) is 64.2 cm³/mol. The maximum Gasteiger partial charge on any atom is 0.253 e. The molecule has 2 N–H and O–H groups in total. The van der Waals surface area contributed by atoms with E-state index in [9.17, 15) is 14.0 Å². The molecule has 0 atom stereocenters. The molecule has 1 aliphatic rings. The Morgan fingerprint density at radius 1 is 1.28 bits per heavy atom. The van der Waals surface area contributed by atoms with Crippen LogP contribution in [-0.2, 0) is 4.79 Å². The fourth-order valence-corrected chi connectivity index (χ4v) is 2.17. The van der Waals surface area contributed by atoms with Gasteiger partial charge in [-0.3, -0.25) is 9.59 Å². The standard InChI is InChI=1S/C13H15FN2O2/c14-11-3-1-2-10(8-11)13(18)16-6-4-9(5-7-16)12(15)17/h1-3,8-9H,4-7H2,(H2,15,17). The summed E-state index contributed by atoms with van der Waals surface area (Å²) in [6.45, 7) is 0.978. The molecule has 96 valence electrons. The third kappa shape index (κ3) is 2.67. The molecule has 0 spiro atoms. The number of carbonyl (C=O) groups excluding carboxylic acids is 2. The Balaban J connectivity index is 2.02. The van der Waals surface area contributed by atoms with Gasteiger partial charge in [-0.05, 0) is 31.0 Å². The monoisotopic (exact) mass is 250 g/mol. The molecule has 0 aliphatic carbocycles. The van der Waals surface area contributed by atoms with Gasteiger partial charge >= 0.3 is 0 Å². The van der Waals surface area contributed by atoms with E-state index < -0.39 is 5.82 Å². The first-order valence-corrected chi connectivity index (χ1v) is 5.92. The zero-order valence-electron chi connectivity index (χ0n) is 9.93. The highest BCUT2D eigenvalue weighted by Gasteiger charge is 2.26. The van der Waals surface area contributed by atoms with Crippen molar-refractivity contribution in [1.29, 1.82) is 0 Å². The van der Waals surface area contributed by atoms with Crippen molar-refractivity contribution in [2.45, 2.75) is 12.8 Å². The van der Waals surface area contributed by atoms with E-state index in [2.05, 4.69) is 0 Å². The molecule has 0 bridgehead atoms. The molecular formula is C13H15FN2O2. The Hall–Kier alpha value is -1.91. The van der Waals surface area contributed by atoms with Crippen molar-refractivity contribution >= 4 is 11.8 Å². The minimum atomic E-state index is -0.423. The van der Waals surface area contributed by atoms with E-state index in [4.69, 9.17) is 5.73 Å². The Morgan fingerprint density at radius 2 is 1.94 bits per heavy atom. The topological polar surface area (TPSA) is 63.4 Å². The molecule has 5 heteroatoms. The highest BCUT2D eigenvalue weighted by molar-refractivity contribution is 5.94. The van der Waals surface area contributed by atoms with Gasteiger partial charge in [-0.15, -0.1) is 0 Å². The summed E-state index contributed by atoms with van der Waals surface area (Å²) in [6, 6.07) is 5.63. The number of likely N-dealkylation sites (tertiary alicyclic amines) is 1. The van der Waals surface area contributed by atoms with Crippen LogP contribution in [0.15, 0.2) is 24.3 Å². The van der Waals surface area contributed by atoms with Gasteiger partial charge in [0, 0.05) is 24.6 Å². The Kier molecular flexibility index (Phi) is 3.60. The summed E-state index contributed by atoms with van der Waals surface area (Å²) in [5, 5.41) is 0. The largest absolute Gasteiger partial charge is 0.369 e. The van der Waals surface area contributed by atoms with Crippen molar-refractivity contribution in [2.75, 3.05) is 13.1 Å². The van der Waals surface area contributed by atoms with Gasteiger partial charge in [-0.25, -0.2) is 4.39 Å². The maximum absolute atomic E-state index is 13.0. The number of rotatable bonds is 2. The number of carbonyl (C=O) groups is 2. The molecule has 2 amide bonds. The molecule has 4 nitrogen and oxygen atoms in total. The Morgan fingerprint density at radius 3 is 2.50 bits per heavy atom. The van der Waals surface area contributed by atoms with Gasteiger partial charge in [-0.2, -0.15) is 0 Å². The van der Waals surface area contributed by atoms with Crippen LogP contribution in [0, 0.1) is 11.7 Å². The van der Waals surface area contributed by atoms with Gasteiger partial charge in [0.1, 0.15) is 5.82 Å². The summed E-state index contributed by atoms with van der Waals surface area (Å²) in [4.78, 5) is 24.7. The zero-order valence-corrected chi connectivity index (χ0v) is 9.93. The maximum atomic E-state index is 13.0. The molecule has 2 rings (SSSR count). The second-order valence-electron chi connectivity index (χ2n) is 4.48. The van der Waals surface area contributed by atoms with Crippen LogP contribution in [0.25, 0.3) is 0 Å². The summed E-state index contributed by atoms with van der Waals surface area (Å²) in [5.74, 6) is -1.08. The normalized spacial score (nSPS) is 16.6. The fourth-order valence-electron chi connectivity index (χ4n) is 2.17. The van der Waals surface area contributed by atoms with Crippen molar-refractivity contribution in [3.05, 3.63) is 35.6 Å².